The number of methoxy groups -OCH3 is 2. The van der Waals surface area contributed by atoms with Gasteiger partial charge in [-0.2, -0.15) is 0 Å². The zero-order chi connectivity index (χ0) is 24.8. The molecule has 35 heavy (non-hydrogen) atoms. The van der Waals surface area contributed by atoms with Gasteiger partial charge in [-0.05, 0) is 41.8 Å². The molecule has 3 aromatic carbocycles. The van der Waals surface area contributed by atoms with E-state index in [4.69, 9.17) is 14.2 Å². The smallest absolute Gasteiger partial charge is 0.355 e. The van der Waals surface area contributed by atoms with Gasteiger partial charge in [0.25, 0.3) is 0 Å². The molecule has 0 aliphatic carbocycles. The normalized spacial score (nSPS) is 18.0. The summed E-state index contributed by atoms with van der Waals surface area (Å²) in [6.45, 7) is 1.96. The van der Waals surface area contributed by atoms with Crippen LogP contribution in [-0.4, -0.2) is 32.4 Å². The molecular weight excluding hydrogens is 442 g/mol. The van der Waals surface area contributed by atoms with Crippen LogP contribution in [0.15, 0.2) is 102 Å². The van der Waals surface area contributed by atoms with E-state index in [1.807, 2.05) is 104 Å². The average Bonchev–Trinajstić information content (AvgIpc) is 2.91. The number of hydrogen-bond donors (Lipinski definition) is 0. The van der Waals surface area contributed by atoms with Gasteiger partial charge in [0.05, 0.1) is 14.2 Å². The minimum Gasteiger partial charge on any atom is -0.466 e. The fourth-order valence-electron chi connectivity index (χ4n) is 4.08. The minimum absolute atomic E-state index is 0.0766. The topological polar surface area (TPSA) is 65.1 Å². The van der Waals surface area contributed by atoms with Gasteiger partial charge in [-0.15, -0.1) is 0 Å². The molecule has 0 spiro atoms. The Morgan fingerprint density at radius 2 is 1.51 bits per heavy atom. The molecule has 0 radical (unpaired) electrons. The lowest BCUT2D eigenvalue weighted by molar-refractivity contribution is -0.142. The van der Waals surface area contributed by atoms with Crippen molar-refractivity contribution in [2.45, 2.75) is 19.3 Å². The van der Waals surface area contributed by atoms with Crippen LogP contribution in [0.3, 0.4) is 0 Å². The third-order valence-corrected chi connectivity index (χ3v) is 5.71. The molecule has 0 N–H and O–H groups in total. The molecule has 0 unspecified atom stereocenters. The summed E-state index contributed by atoms with van der Waals surface area (Å²) in [5.74, 6) is -1.32. The number of aryl methyl sites for hydroxylation is 1. The van der Waals surface area contributed by atoms with Crippen LogP contribution in [0.5, 0.6) is 0 Å². The number of nitrogens with zero attached hydrogens (tertiary/aromatic N) is 1. The van der Waals surface area contributed by atoms with Crippen LogP contribution in [0.1, 0.15) is 22.8 Å². The molecule has 4 rings (SSSR count). The Morgan fingerprint density at radius 3 is 2.14 bits per heavy atom. The highest BCUT2D eigenvalue weighted by Gasteiger charge is 2.43. The number of ether oxygens (including phenoxy) is 3. The number of carbonyl (C=O) groups is 2. The van der Waals surface area contributed by atoms with Crippen molar-refractivity contribution in [1.29, 1.82) is 0 Å². The molecule has 178 valence electrons. The third kappa shape index (κ3) is 5.18. The predicted octanol–water partition coefficient (Wildman–Crippen LogP) is 5.21. The largest absolute Gasteiger partial charge is 0.466 e. The van der Waals surface area contributed by atoms with Crippen LogP contribution in [0, 0.1) is 6.92 Å². The molecule has 6 nitrogen and oxygen atoms in total. The van der Waals surface area contributed by atoms with E-state index in [1.54, 1.807) is 4.90 Å². The van der Waals surface area contributed by atoms with Crippen LogP contribution >= 0.6 is 0 Å². The molecule has 0 bridgehead atoms. The quantitative estimate of drug-likeness (QED) is 0.462. The van der Waals surface area contributed by atoms with Crippen LogP contribution < -0.4 is 4.90 Å². The Labute approximate surface area is 205 Å². The van der Waals surface area contributed by atoms with Crippen molar-refractivity contribution >= 4 is 23.7 Å². The first-order valence-corrected chi connectivity index (χ1v) is 11.2. The van der Waals surface area contributed by atoms with Gasteiger partial charge in [-0.25, -0.2) is 9.59 Å². The first-order chi connectivity index (χ1) is 17.0. The van der Waals surface area contributed by atoms with E-state index < -0.39 is 24.3 Å². The second kappa shape index (κ2) is 10.8. The molecule has 0 amide bonds. The van der Waals surface area contributed by atoms with E-state index >= 15 is 0 Å². The molecule has 2 atom stereocenters. The highest BCUT2D eigenvalue weighted by molar-refractivity contribution is 6.04. The summed E-state index contributed by atoms with van der Waals surface area (Å²) in [5.41, 5.74) is 3.52. The summed E-state index contributed by atoms with van der Waals surface area (Å²) in [6.07, 6.45) is 2.23. The highest BCUT2D eigenvalue weighted by atomic mass is 16.5. The summed E-state index contributed by atoms with van der Waals surface area (Å²) in [4.78, 5) is 28.0. The number of carbonyl (C=O) groups excluding carboxylic acids is 2. The maximum absolute atomic E-state index is 13.3. The van der Waals surface area contributed by atoms with Crippen molar-refractivity contribution < 1.29 is 23.8 Å². The standard InChI is InChI=1S/C29H27NO5/c1-20-11-10-16-23(19-20)30-24(18-17-21-12-6-4-7-13-21)35-27(22-14-8-5-9-15-22)25(28(31)33-2)26(30)29(32)34-3/h4-19,24,27H,1-3H3/b18-17+/t24-,27-/m0/s1. The van der Waals surface area contributed by atoms with Crippen LogP contribution in [-0.2, 0) is 23.8 Å². The van der Waals surface area contributed by atoms with E-state index in [0.29, 0.717) is 5.69 Å². The number of hydrogen-bond acceptors (Lipinski definition) is 6. The van der Waals surface area contributed by atoms with Gasteiger partial charge in [0, 0.05) is 5.69 Å². The van der Waals surface area contributed by atoms with E-state index in [-0.39, 0.29) is 11.3 Å². The van der Waals surface area contributed by atoms with Crippen LogP contribution in [0.4, 0.5) is 5.69 Å². The van der Waals surface area contributed by atoms with Crippen LogP contribution in [0.25, 0.3) is 6.08 Å². The van der Waals surface area contributed by atoms with Crippen LogP contribution in [0.2, 0.25) is 0 Å². The summed E-state index contributed by atoms with van der Waals surface area (Å²) in [5, 5.41) is 0. The maximum atomic E-state index is 13.3. The Balaban J connectivity index is 1.96. The lowest BCUT2D eigenvalue weighted by atomic mass is 9.96. The molecule has 1 aliphatic heterocycles. The fraction of sp³-hybridized carbons (Fsp3) is 0.172. The zero-order valence-electron chi connectivity index (χ0n) is 19.9. The number of benzene rings is 3. The zero-order valence-corrected chi connectivity index (χ0v) is 19.9. The summed E-state index contributed by atoms with van der Waals surface area (Å²) in [6, 6.07) is 26.7. The van der Waals surface area contributed by atoms with Crippen molar-refractivity contribution in [3.8, 4) is 0 Å². The molecule has 3 aromatic rings. The second-order valence-corrected chi connectivity index (χ2v) is 8.04. The average molecular weight is 470 g/mol. The summed E-state index contributed by atoms with van der Waals surface area (Å²) in [7, 11) is 2.57. The predicted molar refractivity (Wildman–Crippen MR) is 134 cm³/mol. The molecule has 1 heterocycles. The van der Waals surface area contributed by atoms with E-state index in [0.717, 1.165) is 16.7 Å². The lowest BCUT2D eigenvalue weighted by Gasteiger charge is -2.41. The molecule has 0 aromatic heterocycles. The first-order valence-electron chi connectivity index (χ1n) is 11.2. The minimum atomic E-state index is -0.843. The van der Waals surface area contributed by atoms with E-state index in [2.05, 4.69) is 0 Å². The molecule has 1 aliphatic rings. The van der Waals surface area contributed by atoms with Crippen molar-refractivity contribution in [2.24, 2.45) is 0 Å². The third-order valence-electron chi connectivity index (χ3n) is 5.71. The van der Waals surface area contributed by atoms with E-state index in [9.17, 15) is 9.59 Å². The number of anilines is 1. The summed E-state index contributed by atoms with van der Waals surface area (Å²) >= 11 is 0. The van der Waals surface area contributed by atoms with Gasteiger partial charge in [0.2, 0.25) is 0 Å². The molecule has 6 heteroatoms. The van der Waals surface area contributed by atoms with E-state index in [1.165, 1.54) is 14.2 Å². The Kier molecular flexibility index (Phi) is 7.43. The highest BCUT2D eigenvalue weighted by Crippen LogP contribution is 2.41. The fourth-order valence-corrected chi connectivity index (χ4v) is 4.08. The van der Waals surface area contributed by atoms with Gasteiger partial charge in [-0.3, -0.25) is 0 Å². The molecule has 0 saturated carbocycles. The van der Waals surface area contributed by atoms with Gasteiger partial charge >= 0.3 is 11.9 Å². The number of rotatable bonds is 6. The molecule has 0 fully saturated rings. The monoisotopic (exact) mass is 469 g/mol. The second-order valence-electron chi connectivity index (χ2n) is 8.04. The SMILES string of the molecule is COC(=O)C1=C(C(=O)OC)N(c2cccc(C)c2)[C@H](/C=C/c2ccccc2)O[C@H]1c1ccccc1. The van der Waals surface area contributed by atoms with Gasteiger partial charge in [0.1, 0.15) is 17.4 Å². The first kappa shape index (κ1) is 24.0. The van der Waals surface area contributed by atoms with Gasteiger partial charge in [-0.1, -0.05) is 78.9 Å². The molecular formula is C29H27NO5. The van der Waals surface area contributed by atoms with Gasteiger partial charge in [0.15, 0.2) is 6.23 Å². The Hall–Kier alpha value is -4.16. The van der Waals surface area contributed by atoms with Crippen molar-refractivity contribution in [1.82, 2.24) is 0 Å². The van der Waals surface area contributed by atoms with Gasteiger partial charge < -0.3 is 19.1 Å². The van der Waals surface area contributed by atoms with Crippen molar-refractivity contribution in [3.05, 3.63) is 119 Å². The number of esters is 2. The lowest BCUT2D eigenvalue weighted by Crippen LogP contribution is -2.46. The van der Waals surface area contributed by atoms with Crippen molar-refractivity contribution in [2.75, 3.05) is 19.1 Å². The summed E-state index contributed by atoms with van der Waals surface area (Å²) < 4.78 is 16.8. The van der Waals surface area contributed by atoms with Crippen molar-refractivity contribution in [3.63, 3.8) is 0 Å². The Bertz CT molecular complexity index is 1250. The molecule has 0 saturated heterocycles. The maximum Gasteiger partial charge on any atom is 0.355 e. The Morgan fingerprint density at radius 1 is 0.857 bits per heavy atom.